The number of nitrogens with zero attached hydrogens (tertiary/aromatic N) is 1. The molecule has 0 aromatic heterocycles. The molecule has 4 nitrogen and oxygen atoms in total. The van der Waals surface area contributed by atoms with Gasteiger partial charge >= 0.3 is 18.1 Å². The van der Waals surface area contributed by atoms with Crippen LogP contribution in [-0.2, 0) is 16.1 Å². The Kier molecular flexibility index (Phi) is 5.55. The lowest BCUT2D eigenvalue weighted by molar-refractivity contribution is -0.186. The van der Waals surface area contributed by atoms with Crippen LogP contribution in [0.15, 0.2) is 28.7 Å². The minimum absolute atomic E-state index is 0.301. The smallest absolute Gasteiger partial charge is 0.471 e. The molecule has 0 saturated heterocycles. The molecule has 20 heavy (non-hydrogen) atoms. The fourth-order valence-corrected chi connectivity index (χ4v) is 1.96. The van der Waals surface area contributed by atoms with Gasteiger partial charge in [0, 0.05) is 17.6 Å². The molecule has 0 atom stereocenters. The van der Waals surface area contributed by atoms with Crippen LogP contribution in [0, 0.1) is 0 Å². The van der Waals surface area contributed by atoms with Crippen LogP contribution in [-0.4, -0.2) is 34.6 Å². The van der Waals surface area contributed by atoms with E-state index in [-0.39, 0.29) is 6.54 Å². The first-order valence-electron chi connectivity index (χ1n) is 5.52. The molecule has 1 rings (SSSR count). The first-order chi connectivity index (χ1) is 9.20. The Morgan fingerprint density at radius 2 is 1.95 bits per heavy atom. The van der Waals surface area contributed by atoms with Crippen molar-refractivity contribution in [3.63, 3.8) is 0 Å². The number of carboxylic acids is 1. The minimum Gasteiger partial charge on any atom is -0.481 e. The van der Waals surface area contributed by atoms with Gasteiger partial charge in [0.2, 0.25) is 0 Å². The van der Waals surface area contributed by atoms with E-state index in [0.29, 0.717) is 14.9 Å². The molecule has 110 valence electrons. The van der Waals surface area contributed by atoms with Crippen molar-refractivity contribution in [1.29, 1.82) is 0 Å². The lowest BCUT2D eigenvalue weighted by Crippen LogP contribution is -2.41. The zero-order valence-corrected chi connectivity index (χ0v) is 11.7. The molecule has 0 aliphatic carbocycles. The number of carbonyl (C=O) groups is 2. The quantitative estimate of drug-likeness (QED) is 0.885. The molecule has 1 N–H and O–H groups in total. The maximum Gasteiger partial charge on any atom is 0.471 e. The van der Waals surface area contributed by atoms with E-state index in [1.807, 2.05) is 0 Å². The van der Waals surface area contributed by atoms with Crippen LogP contribution >= 0.6 is 15.9 Å². The van der Waals surface area contributed by atoms with E-state index in [9.17, 15) is 22.8 Å². The number of carboxylic acid groups (broad SMARTS) is 1. The number of rotatable bonds is 5. The lowest BCUT2D eigenvalue weighted by atomic mass is 10.2. The van der Waals surface area contributed by atoms with Crippen molar-refractivity contribution in [2.45, 2.75) is 19.1 Å². The Bertz CT molecular complexity index is 505. The maximum atomic E-state index is 12.5. The highest BCUT2D eigenvalue weighted by Crippen LogP contribution is 2.21. The molecule has 1 aromatic carbocycles. The Morgan fingerprint density at radius 1 is 1.30 bits per heavy atom. The predicted molar refractivity (Wildman–Crippen MR) is 67.9 cm³/mol. The standard InChI is InChI=1S/C12H11BrF3NO3/c13-9-3-1-2-8(6-9)7-17(5-4-10(18)19)11(20)12(14,15)16/h1-3,6H,4-5,7H2,(H,18,19). The summed E-state index contributed by atoms with van der Waals surface area (Å²) in [7, 11) is 0. The van der Waals surface area contributed by atoms with E-state index in [4.69, 9.17) is 5.11 Å². The average molecular weight is 354 g/mol. The van der Waals surface area contributed by atoms with Crippen molar-refractivity contribution >= 4 is 27.8 Å². The Hall–Kier alpha value is -1.57. The van der Waals surface area contributed by atoms with Crippen molar-refractivity contribution in [3.05, 3.63) is 34.3 Å². The van der Waals surface area contributed by atoms with Gasteiger partial charge in [-0.25, -0.2) is 0 Å². The van der Waals surface area contributed by atoms with E-state index in [1.54, 1.807) is 24.3 Å². The first kappa shape index (κ1) is 16.5. The number of hydrogen-bond donors (Lipinski definition) is 1. The molecule has 0 bridgehead atoms. The zero-order chi connectivity index (χ0) is 15.3. The molecule has 0 aliphatic rings. The molecule has 0 heterocycles. The Labute approximate surface area is 121 Å². The van der Waals surface area contributed by atoms with Gasteiger partial charge in [-0.1, -0.05) is 28.1 Å². The molecule has 1 aromatic rings. The molecular weight excluding hydrogens is 343 g/mol. The van der Waals surface area contributed by atoms with Crippen LogP contribution in [0.4, 0.5) is 13.2 Å². The van der Waals surface area contributed by atoms with Crippen LogP contribution < -0.4 is 0 Å². The van der Waals surface area contributed by atoms with E-state index >= 15 is 0 Å². The second-order valence-electron chi connectivity index (χ2n) is 4.00. The Morgan fingerprint density at radius 3 is 2.45 bits per heavy atom. The van der Waals surface area contributed by atoms with E-state index in [1.165, 1.54) is 0 Å². The topological polar surface area (TPSA) is 57.6 Å². The maximum absolute atomic E-state index is 12.5. The number of amides is 1. The van der Waals surface area contributed by atoms with Crippen molar-refractivity contribution < 1.29 is 27.9 Å². The largest absolute Gasteiger partial charge is 0.481 e. The van der Waals surface area contributed by atoms with Crippen LogP contribution in [0.5, 0.6) is 0 Å². The van der Waals surface area contributed by atoms with Crippen molar-refractivity contribution in [2.24, 2.45) is 0 Å². The highest BCUT2D eigenvalue weighted by atomic mass is 79.9. The Balaban J connectivity index is 2.87. The second-order valence-corrected chi connectivity index (χ2v) is 4.91. The van der Waals surface area contributed by atoms with E-state index in [2.05, 4.69) is 15.9 Å². The number of halogens is 4. The van der Waals surface area contributed by atoms with Crippen LogP contribution in [0.25, 0.3) is 0 Å². The van der Waals surface area contributed by atoms with Gasteiger partial charge in [-0.2, -0.15) is 13.2 Å². The summed E-state index contributed by atoms with van der Waals surface area (Å²) in [4.78, 5) is 22.2. The molecule has 0 spiro atoms. The predicted octanol–water partition coefficient (Wildman–Crippen LogP) is 2.81. The molecule has 1 amide bonds. The highest BCUT2D eigenvalue weighted by molar-refractivity contribution is 9.10. The molecule has 0 radical (unpaired) electrons. The lowest BCUT2D eigenvalue weighted by Gasteiger charge is -2.23. The van der Waals surface area contributed by atoms with E-state index < -0.39 is 31.0 Å². The van der Waals surface area contributed by atoms with Gasteiger partial charge in [-0.3, -0.25) is 9.59 Å². The number of benzene rings is 1. The summed E-state index contributed by atoms with van der Waals surface area (Å²) in [5.74, 6) is -3.31. The van der Waals surface area contributed by atoms with Gasteiger partial charge in [-0.05, 0) is 17.7 Å². The molecule has 0 unspecified atom stereocenters. The minimum atomic E-state index is -5.02. The fourth-order valence-electron chi connectivity index (χ4n) is 1.52. The van der Waals surface area contributed by atoms with Gasteiger partial charge in [0.1, 0.15) is 0 Å². The molecule has 0 fully saturated rings. The SMILES string of the molecule is O=C(O)CCN(Cc1cccc(Br)c1)C(=O)C(F)(F)F. The molecule has 0 aliphatic heterocycles. The third-order valence-electron chi connectivity index (χ3n) is 2.39. The van der Waals surface area contributed by atoms with E-state index in [0.717, 1.165) is 0 Å². The normalized spacial score (nSPS) is 11.2. The summed E-state index contributed by atoms with van der Waals surface area (Å²) in [6.45, 7) is -0.800. The van der Waals surface area contributed by atoms with Gasteiger partial charge < -0.3 is 10.0 Å². The van der Waals surface area contributed by atoms with Gasteiger partial charge in [-0.15, -0.1) is 0 Å². The molecule has 0 saturated carbocycles. The fraction of sp³-hybridized carbons (Fsp3) is 0.333. The average Bonchev–Trinajstić information content (AvgIpc) is 2.32. The van der Waals surface area contributed by atoms with Crippen molar-refractivity contribution in [1.82, 2.24) is 4.90 Å². The third kappa shape index (κ3) is 5.20. The van der Waals surface area contributed by atoms with Crippen LogP contribution in [0.1, 0.15) is 12.0 Å². The van der Waals surface area contributed by atoms with Gasteiger partial charge in [0.15, 0.2) is 0 Å². The summed E-state index contributed by atoms with van der Waals surface area (Å²) >= 11 is 3.17. The van der Waals surface area contributed by atoms with Crippen molar-refractivity contribution in [3.8, 4) is 0 Å². The van der Waals surface area contributed by atoms with Crippen molar-refractivity contribution in [2.75, 3.05) is 6.54 Å². The third-order valence-corrected chi connectivity index (χ3v) is 2.88. The summed E-state index contributed by atoms with van der Waals surface area (Å²) in [6, 6.07) is 6.43. The van der Waals surface area contributed by atoms with Crippen LogP contribution in [0.3, 0.4) is 0 Å². The first-order valence-corrected chi connectivity index (χ1v) is 6.32. The molecular formula is C12H11BrF3NO3. The summed E-state index contributed by atoms with van der Waals surface area (Å²) < 4.78 is 38.0. The number of aliphatic carboxylic acids is 1. The highest BCUT2D eigenvalue weighted by Gasteiger charge is 2.42. The molecule has 8 heteroatoms. The summed E-state index contributed by atoms with van der Waals surface area (Å²) in [6.07, 6.45) is -5.57. The number of hydrogen-bond acceptors (Lipinski definition) is 2. The zero-order valence-electron chi connectivity index (χ0n) is 10.2. The number of carbonyl (C=O) groups excluding carboxylic acids is 1. The van der Waals surface area contributed by atoms with Gasteiger partial charge in [0.05, 0.1) is 6.42 Å². The number of alkyl halides is 3. The summed E-state index contributed by atoms with van der Waals surface area (Å²) in [5.41, 5.74) is 0.474. The monoisotopic (exact) mass is 353 g/mol. The van der Waals surface area contributed by atoms with Crippen LogP contribution in [0.2, 0.25) is 0 Å². The summed E-state index contributed by atoms with van der Waals surface area (Å²) in [5, 5.41) is 8.53. The second kappa shape index (κ2) is 6.74. The van der Waals surface area contributed by atoms with Gasteiger partial charge in [0.25, 0.3) is 0 Å².